The van der Waals surface area contributed by atoms with Crippen LogP contribution >= 0.6 is 22.9 Å². The summed E-state index contributed by atoms with van der Waals surface area (Å²) in [4.78, 5) is 34.5. The number of benzene rings is 1. The molecule has 1 aromatic carbocycles. The molecule has 32 heavy (non-hydrogen) atoms. The van der Waals surface area contributed by atoms with Crippen LogP contribution in [0.5, 0.6) is 5.75 Å². The van der Waals surface area contributed by atoms with Crippen LogP contribution in [0, 0.1) is 0 Å². The van der Waals surface area contributed by atoms with Gasteiger partial charge in [0.15, 0.2) is 4.47 Å². The predicted molar refractivity (Wildman–Crippen MR) is 111 cm³/mol. The molecule has 168 valence electrons. The number of methoxy groups -OCH3 is 1. The molecular weight excluding hydrogens is 471 g/mol. The molecule has 0 aliphatic heterocycles. The van der Waals surface area contributed by atoms with Crippen LogP contribution in [0.25, 0.3) is 0 Å². The summed E-state index contributed by atoms with van der Waals surface area (Å²) in [6, 6.07) is 7.76. The van der Waals surface area contributed by atoms with Crippen molar-refractivity contribution in [2.24, 2.45) is 0 Å². The summed E-state index contributed by atoms with van der Waals surface area (Å²) in [5.41, 5.74) is 0.203. The first-order valence-corrected chi connectivity index (χ1v) is 10.1. The number of alkyl halides is 3. The van der Waals surface area contributed by atoms with Crippen LogP contribution in [0.3, 0.4) is 0 Å². The van der Waals surface area contributed by atoms with Gasteiger partial charge < -0.3 is 14.8 Å². The van der Waals surface area contributed by atoms with Crippen molar-refractivity contribution < 1.29 is 32.2 Å². The van der Waals surface area contributed by atoms with Gasteiger partial charge in [0.2, 0.25) is 5.78 Å². The van der Waals surface area contributed by atoms with Gasteiger partial charge in [0.05, 0.1) is 19.3 Å². The van der Waals surface area contributed by atoms with E-state index in [1.807, 2.05) is 0 Å². The molecule has 0 fully saturated rings. The lowest BCUT2D eigenvalue weighted by atomic mass is 9.92. The fourth-order valence-electron chi connectivity index (χ4n) is 2.83. The number of hydrogen-bond acceptors (Lipinski definition) is 8. The summed E-state index contributed by atoms with van der Waals surface area (Å²) in [6.07, 6.45) is -2.00. The average molecular weight is 486 g/mol. The number of hydrogen-bond donors (Lipinski definition) is 1. The Kier molecular flexibility index (Phi) is 7.31. The van der Waals surface area contributed by atoms with Crippen LogP contribution in [-0.2, 0) is 16.1 Å². The van der Waals surface area contributed by atoms with Gasteiger partial charge in [-0.15, -0.1) is 24.5 Å². The lowest BCUT2D eigenvalue weighted by Gasteiger charge is -2.17. The van der Waals surface area contributed by atoms with E-state index in [0.717, 1.165) is 24.1 Å². The number of Topliss-reactive ketones (excluding diaryl/α,β-unsaturated/α-hetero) is 1. The summed E-state index contributed by atoms with van der Waals surface area (Å²) < 4.78 is 46.8. The number of rotatable bonds is 8. The third-order valence-electron chi connectivity index (χ3n) is 4.14. The van der Waals surface area contributed by atoms with Gasteiger partial charge in [0.1, 0.15) is 17.4 Å². The highest BCUT2D eigenvalue weighted by molar-refractivity contribution is 7.15. The molecule has 7 nitrogen and oxygen atoms in total. The van der Waals surface area contributed by atoms with Crippen LogP contribution in [0.2, 0.25) is 4.47 Å². The highest BCUT2D eigenvalue weighted by Crippen LogP contribution is 2.30. The van der Waals surface area contributed by atoms with Gasteiger partial charge in [-0.05, 0) is 29.8 Å². The number of nitrogens with zero attached hydrogens (tertiary/aromatic N) is 2. The Morgan fingerprint density at radius 3 is 2.66 bits per heavy atom. The first kappa shape index (κ1) is 23.5. The quantitative estimate of drug-likeness (QED) is 0.277. The number of esters is 1. The maximum Gasteiger partial charge on any atom is 0.573 e. The van der Waals surface area contributed by atoms with E-state index in [1.54, 1.807) is 18.3 Å². The zero-order chi connectivity index (χ0) is 23.3. The van der Waals surface area contributed by atoms with Gasteiger partial charge in [-0.1, -0.05) is 23.7 Å². The minimum Gasteiger partial charge on any atom is -0.468 e. The molecular formula is C20H15ClF3N3O4S. The third kappa shape index (κ3) is 5.95. The van der Waals surface area contributed by atoms with Gasteiger partial charge in [-0.2, -0.15) is 0 Å². The number of anilines is 1. The second-order valence-electron chi connectivity index (χ2n) is 6.27. The van der Waals surface area contributed by atoms with Crippen molar-refractivity contribution in [1.29, 1.82) is 0 Å². The van der Waals surface area contributed by atoms with E-state index in [2.05, 4.69) is 20.0 Å². The van der Waals surface area contributed by atoms with E-state index in [1.165, 1.54) is 29.7 Å². The molecule has 3 aromatic rings. The molecule has 0 aliphatic carbocycles. The van der Waals surface area contributed by atoms with Gasteiger partial charge >= 0.3 is 12.3 Å². The smallest absolute Gasteiger partial charge is 0.468 e. The summed E-state index contributed by atoms with van der Waals surface area (Å²) in [5.74, 6) is -3.83. The van der Waals surface area contributed by atoms with E-state index in [-0.39, 0.29) is 17.8 Å². The number of aromatic nitrogens is 2. The van der Waals surface area contributed by atoms with Crippen molar-refractivity contribution in [2.45, 2.75) is 18.8 Å². The maximum absolute atomic E-state index is 13.3. The van der Waals surface area contributed by atoms with Crippen molar-refractivity contribution in [2.75, 3.05) is 12.4 Å². The molecule has 0 saturated heterocycles. The standard InChI is InChI=1S/C20H15ClF3N3O4S/c1-30-18(29)15(11-4-2-5-12(8-11)31-20(22,23)24)17(28)16-14(6-3-7-25-16)26-9-13-10-27-19(21)32-13/h2-8,10,15,26H,9H2,1H3. The van der Waals surface area contributed by atoms with Crippen molar-refractivity contribution in [1.82, 2.24) is 9.97 Å². The molecule has 0 bridgehead atoms. The average Bonchev–Trinajstić information content (AvgIpc) is 3.16. The van der Waals surface area contributed by atoms with E-state index in [0.29, 0.717) is 10.2 Å². The molecule has 2 aromatic heterocycles. The number of nitrogens with one attached hydrogen (secondary N) is 1. The normalized spacial score (nSPS) is 12.2. The summed E-state index contributed by atoms with van der Waals surface area (Å²) in [6.45, 7) is 0.286. The van der Waals surface area contributed by atoms with Gasteiger partial charge in [-0.3, -0.25) is 14.6 Å². The molecule has 0 radical (unpaired) electrons. The highest BCUT2D eigenvalue weighted by Gasteiger charge is 2.35. The number of carbonyl (C=O) groups excluding carboxylic acids is 2. The van der Waals surface area contributed by atoms with E-state index >= 15 is 0 Å². The van der Waals surface area contributed by atoms with Crippen molar-refractivity contribution >= 4 is 40.4 Å². The van der Waals surface area contributed by atoms with Crippen LogP contribution in [0.15, 0.2) is 48.8 Å². The van der Waals surface area contributed by atoms with Gasteiger partial charge in [0, 0.05) is 17.3 Å². The molecule has 1 N–H and O–H groups in total. The summed E-state index contributed by atoms with van der Waals surface area (Å²) in [5, 5.41) is 3.03. The summed E-state index contributed by atoms with van der Waals surface area (Å²) >= 11 is 7.06. The zero-order valence-corrected chi connectivity index (χ0v) is 17.9. The first-order chi connectivity index (χ1) is 15.2. The zero-order valence-electron chi connectivity index (χ0n) is 16.4. The number of halogens is 4. The van der Waals surface area contributed by atoms with Crippen molar-refractivity contribution in [3.05, 3.63) is 69.4 Å². The van der Waals surface area contributed by atoms with Gasteiger partial charge in [-0.25, -0.2) is 4.98 Å². The Morgan fingerprint density at radius 1 is 1.22 bits per heavy atom. The largest absolute Gasteiger partial charge is 0.573 e. The fourth-order valence-corrected chi connectivity index (χ4v) is 3.75. The summed E-state index contributed by atoms with van der Waals surface area (Å²) in [7, 11) is 1.07. The minimum atomic E-state index is -4.93. The van der Waals surface area contributed by atoms with Crippen LogP contribution in [0.4, 0.5) is 18.9 Å². The third-order valence-corrected chi connectivity index (χ3v) is 5.26. The van der Waals surface area contributed by atoms with Crippen LogP contribution in [-0.4, -0.2) is 35.2 Å². The molecule has 0 amide bonds. The van der Waals surface area contributed by atoms with E-state index in [4.69, 9.17) is 16.3 Å². The molecule has 3 rings (SSSR count). The lowest BCUT2D eigenvalue weighted by molar-refractivity contribution is -0.274. The molecule has 2 heterocycles. The van der Waals surface area contributed by atoms with Crippen LogP contribution < -0.4 is 10.1 Å². The first-order valence-electron chi connectivity index (χ1n) is 8.95. The Hall–Kier alpha value is -3.18. The molecule has 0 spiro atoms. The Bertz CT molecular complexity index is 1120. The fraction of sp³-hybridized carbons (Fsp3) is 0.200. The van der Waals surface area contributed by atoms with Gasteiger partial charge in [0.25, 0.3) is 0 Å². The number of carbonyl (C=O) groups is 2. The Balaban J connectivity index is 1.92. The molecule has 0 saturated carbocycles. The second-order valence-corrected chi connectivity index (χ2v) is 7.97. The molecule has 0 aliphatic rings. The van der Waals surface area contributed by atoms with Crippen molar-refractivity contribution in [3.63, 3.8) is 0 Å². The maximum atomic E-state index is 13.3. The number of ether oxygens (including phenoxy) is 2. The monoisotopic (exact) mass is 485 g/mol. The van der Waals surface area contributed by atoms with Crippen molar-refractivity contribution in [3.8, 4) is 5.75 Å². The topological polar surface area (TPSA) is 90.4 Å². The molecule has 12 heteroatoms. The van der Waals surface area contributed by atoms with Crippen LogP contribution in [0.1, 0.15) is 26.8 Å². The number of ketones is 1. The Morgan fingerprint density at radius 2 is 2.00 bits per heavy atom. The molecule has 1 atom stereocenters. The van der Waals surface area contributed by atoms with E-state index < -0.39 is 29.8 Å². The number of thiazole rings is 1. The van der Waals surface area contributed by atoms with E-state index in [9.17, 15) is 22.8 Å². The SMILES string of the molecule is COC(=O)C(C(=O)c1ncccc1NCc1cnc(Cl)s1)c1cccc(OC(F)(F)F)c1. The highest BCUT2D eigenvalue weighted by atomic mass is 35.5. The number of pyridine rings is 1. The minimum absolute atomic E-state index is 0.0329. The predicted octanol–water partition coefficient (Wildman–Crippen LogP) is 4.84. The Labute approximate surface area is 189 Å². The second kappa shape index (κ2) is 9.96. The molecule has 1 unspecified atom stereocenters. The lowest BCUT2D eigenvalue weighted by Crippen LogP contribution is -2.25.